The van der Waals surface area contributed by atoms with Crippen LogP contribution in [0.5, 0.6) is 0 Å². The van der Waals surface area contributed by atoms with Crippen molar-refractivity contribution in [1.29, 1.82) is 0 Å². The topological polar surface area (TPSA) is 3.24 Å². The molecule has 4 aromatic carbocycles. The van der Waals surface area contributed by atoms with Gasteiger partial charge in [0.2, 0.25) is 0 Å². The summed E-state index contributed by atoms with van der Waals surface area (Å²) >= 11 is 7.51. The lowest BCUT2D eigenvalue weighted by Crippen LogP contribution is -2.17. The second kappa shape index (κ2) is 9.68. The van der Waals surface area contributed by atoms with Gasteiger partial charge >= 0.3 is 0 Å². The first-order valence-corrected chi connectivity index (χ1v) is 15.0. The van der Waals surface area contributed by atoms with Gasteiger partial charge in [-0.3, -0.25) is 0 Å². The fourth-order valence-corrected chi connectivity index (χ4v) is 6.98. The molecule has 0 bridgehead atoms. The number of hydrogen-bond acceptors (Lipinski definition) is 1. The number of fused-ring (bicyclic) bond motifs is 1. The van der Waals surface area contributed by atoms with Crippen LogP contribution in [0.3, 0.4) is 0 Å². The minimum Gasteiger partial charge on any atom is -0.310 e. The van der Waals surface area contributed by atoms with Crippen molar-refractivity contribution < 1.29 is 0 Å². The van der Waals surface area contributed by atoms with Crippen molar-refractivity contribution in [3.63, 3.8) is 0 Å². The predicted octanol–water partition coefficient (Wildman–Crippen LogP) is 11.5. The molecule has 0 radical (unpaired) electrons. The normalized spacial score (nSPS) is 15.4. The number of rotatable bonds is 4. The maximum Gasteiger partial charge on any atom is 0.0467 e. The molecule has 38 heavy (non-hydrogen) atoms. The number of anilines is 3. The van der Waals surface area contributed by atoms with Gasteiger partial charge in [-0.15, -0.1) is 0 Å². The molecule has 3 heteroatoms. The lowest BCUT2D eigenvalue weighted by Gasteiger charge is -2.28. The van der Waals surface area contributed by atoms with Crippen molar-refractivity contribution in [3.05, 3.63) is 109 Å². The van der Waals surface area contributed by atoms with Crippen LogP contribution in [-0.2, 0) is 10.8 Å². The van der Waals surface area contributed by atoms with Gasteiger partial charge in [0.25, 0.3) is 0 Å². The molecule has 0 saturated carbocycles. The lowest BCUT2D eigenvalue weighted by molar-refractivity contribution is 0.403. The van der Waals surface area contributed by atoms with E-state index in [2.05, 4.69) is 159 Å². The molecule has 196 valence electrons. The zero-order valence-electron chi connectivity index (χ0n) is 23.8. The monoisotopic (exact) mass is 629 g/mol. The number of hydrogen-bond donors (Lipinski definition) is 0. The van der Waals surface area contributed by atoms with Crippen LogP contribution >= 0.6 is 31.9 Å². The largest absolute Gasteiger partial charge is 0.310 e. The standard InChI is InChI=1S/C35H37Br2N/c1-21-15-28(16-22(2)32(21)36)38(29-17-23(3)33(37)24(4)18-29)27-12-9-25(10-13-27)26-11-14-30-31(19-26)35(7,8)20-34(30,5)6/h9-19H,20H2,1-8H3. The third kappa shape index (κ3) is 4.77. The molecule has 0 heterocycles. The van der Waals surface area contributed by atoms with Gasteiger partial charge in [-0.05, 0) is 126 Å². The molecule has 0 atom stereocenters. The summed E-state index contributed by atoms with van der Waals surface area (Å²) < 4.78 is 2.34. The molecule has 0 spiro atoms. The molecule has 0 aliphatic heterocycles. The molecular formula is C35H37Br2N. The molecule has 4 aromatic rings. The smallest absolute Gasteiger partial charge is 0.0467 e. The first kappa shape index (κ1) is 27.2. The molecule has 0 amide bonds. The van der Waals surface area contributed by atoms with Gasteiger partial charge in [-0.2, -0.15) is 0 Å². The van der Waals surface area contributed by atoms with E-state index in [4.69, 9.17) is 0 Å². The maximum absolute atomic E-state index is 3.75. The average Bonchev–Trinajstić information content (AvgIpc) is 3.04. The average molecular weight is 631 g/mol. The first-order chi connectivity index (χ1) is 17.8. The van der Waals surface area contributed by atoms with Crippen LogP contribution < -0.4 is 4.90 Å². The Bertz CT molecular complexity index is 1440. The van der Waals surface area contributed by atoms with Gasteiger partial charge in [0.1, 0.15) is 0 Å². The Labute approximate surface area is 245 Å². The Balaban J connectivity index is 1.60. The van der Waals surface area contributed by atoms with E-state index in [9.17, 15) is 0 Å². The summed E-state index contributed by atoms with van der Waals surface area (Å²) in [6, 6.07) is 25.2. The van der Waals surface area contributed by atoms with E-state index in [1.165, 1.54) is 71.2 Å². The van der Waals surface area contributed by atoms with Crippen LogP contribution in [0.2, 0.25) is 0 Å². The number of benzene rings is 4. The zero-order chi connectivity index (χ0) is 27.6. The molecule has 1 aliphatic carbocycles. The van der Waals surface area contributed by atoms with Crippen molar-refractivity contribution in [2.45, 2.75) is 72.6 Å². The van der Waals surface area contributed by atoms with Crippen molar-refractivity contribution in [3.8, 4) is 11.1 Å². The van der Waals surface area contributed by atoms with Gasteiger partial charge in [-0.1, -0.05) is 89.9 Å². The predicted molar refractivity (Wildman–Crippen MR) is 172 cm³/mol. The van der Waals surface area contributed by atoms with Crippen molar-refractivity contribution >= 4 is 48.9 Å². The Morgan fingerprint density at radius 2 is 0.947 bits per heavy atom. The second-order valence-corrected chi connectivity index (χ2v) is 14.0. The lowest BCUT2D eigenvalue weighted by atomic mass is 9.82. The third-order valence-electron chi connectivity index (χ3n) is 8.18. The van der Waals surface area contributed by atoms with Gasteiger partial charge in [0, 0.05) is 26.0 Å². The van der Waals surface area contributed by atoms with Crippen LogP contribution in [0, 0.1) is 27.7 Å². The summed E-state index contributed by atoms with van der Waals surface area (Å²) in [5, 5.41) is 0. The highest BCUT2D eigenvalue weighted by atomic mass is 79.9. The van der Waals surface area contributed by atoms with Crippen LogP contribution in [0.1, 0.15) is 67.5 Å². The molecule has 0 aromatic heterocycles. The molecule has 0 fully saturated rings. The van der Waals surface area contributed by atoms with Crippen molar-refractivity contribution in [1.82, 2.24) is 0 Å². The van der Waals surface area contributed by atoms with Gasteiger partial charge < -0.3 is 4.90 Å². The minimum absolute atomic E-state index is 0.195. The Kier molecular flexibility index (Phi) is 6.93. The highest BCUT2D eigenvalue weighted by molar-refractivity contribution is 9.10. The first-order valence-electron chi connectivity index (χ1n) is 13.4. The Hall–Kier alpha value is -2.36. The number of nitrogens with zero attached hydrogens (tertiary/aromatic N) is 1. The molecule has 0 unspecified atom stereocenters. The number of halogens is 2. The molecule has 5 rings (SSSR count). The van der Waals surface area contributed by atoms with E-state index in [1.807, 2.05) is 0 Å². The zero-order valence-corrected chi connectivity index (χ0v) is 26.9. The second-order valence-electron chi connectivity index (χ2n) is 12.4. The summed E-state index contributed by atoms with van der Waals surface area (Å²) in [5.74, 6) is 0. The quantitative estimate of drug-likeness (QED) is 0.217. The molecule has 1 aliphatic rings. The maximum atomic E-state index is 3.75. The molecule has 0 N–H and O–H groups in total. The van der Waals surface area contributed by atoms with E-state index in [0.29, 0.717) is 0 Å². The molecule has 1 nitrogen and oxygen atoms in total. The Morgan fingerprint density at radius 3 is 1.42 bits per heavy atom. The van der Waals surface area contributed by atoms with Crippen molar-refractivity contribution in [2.24, 2.45) is 0 Å². The summed E-state index contributed by atoms with van der Waals surface area (Å²) in [4.78, 5) is 2.37. The summed E-state index contributed by atoms with van der Waals surface area (Å²) in [6.45, 7) is 18.2. The third-order valence-corrected chi connectivity index (χ3v) is 10.7. The minimum atomic E-state index is 0.195. The summed E-state index contributed by atoms with van der Waals surface area (Å²) in [5.41, 5.74) is 14.4. The molecule has 0 saturated heterocycles. The highest BCUT2D eigenvalue weighted by Crippen LogP contribution is 2.50. The SMILES string of the molecule is Cc1cc(N(c2ccc(-c3ccc4c(c3)C(C)(C)CC4(C)C)cc2)c2cc(C)c(Br)c(C)c2)cc(C)c1Br. The van der Waals surface area contributed by atoms with Crippen LogP contribution in [0.4, 0.5) is 17.1 Å². The summed E-state index contributed by atoms with van der Waals surface area (Å²) in [6.07, 6.45) is 1.19. The fourth-order valence-electron chi connectivity index (χ4n) is 6.52. The van der Waals surface area contributed by atoms with Gasteiger partial charge in [-0.25, -0.2) is 0 Å². The van der Waals surface area contributed by atoms with Crippen LogP contribution in [-0.4, -0.2) is 0 Å². The van der Waals surface area contributed by atoms with Crippen LogP contribution in [0.25, 0.3) is 11.1 Å². The van der Waals surface area contributed by atoms with E-state index in [0.717, 1.165) is 5.69 Å². The van der Waals surface area contributed by atoms with Crippen LogP contribution in [0.15, 0.2) is 75.7 Å². The van der Waals surface area contributed by atoms with Gasteiger partial charge in [0.05, 0.1) is 0 Å². The van der Waals surface area contributed by atoms with E-state index in [-0.39, 0.29) is 10.8 Å². The van der Waals surface area contributed by atoms with E-state index >= 15 is 0 Å². The summed E-state index contributed by atoms with van der Waals surface area (Å²) in [7, 11) is 0. The van der Waals surface area contributed by atoms with Gasteiger partial charge in [0.15, 0.2) is 0 Å². The Morgan fingerprint density at radius 1 is 0.526 bits per heavy atom. The van der Waals surface area contributed by atoms with Crippen molar-refractivity contribution in [2.75, 3.05) is 4.90 Å². The van der Waals surface area contributed by atoms with E-state index in [1.54, 1.807) is 0 Å². The molecular weight excluding hydrogens is 594 g/mol. The fraction of sp³-hybridized carbons (Fsp3) is 0.314. The highest BCUT2D eigenvalue weighted by Gasteiger charge is 2.41. The number of aryl methyl sites for hydroxylation is 4. The van der Waals surface area contributed by atoms with E-state index < -0.39 is 0 Å².